The lowest BCUT2D eigenvalue weighted by Gasteiger charge is -2.50. The van der Waals surface area contributed by atoms with Gasteiger partial charge in [0, 0.05) is 18.9 Å². The number of nitrogens with zero attached hydrogens (tertiary/aromatic N) is 1. The van der Waals surface area contributed by atoms with Crippen molar-refractivity contribution in [2.75, 3.05) is 6.54 Å². The molecule has 1 saturated heterocycles. The van der Waals surface area contributed by atoms with Crippen molar-refractivity contribution in [1.29, 1.82) is 0 Å². The van der Waals surface area contributed by atoms with Crippen LogP contribution in [0.5, 0.6) is 0 Å². The van der Waals surface area contributed by atoms with Gasteiger partial charge in [0.1, 0.15) is 5.78 Å². The first kappa shape index (κ1) is 13.0. The van der Waals surface area contributed by atoms with Gasteiger partial charge in [-0.15, -0.1) is 0 Å². The Balaban J connectivity index is 3.14. The fourth-order valence-electron chi connectivity index (χ4n) is 3.09. The maximum atomic E-state index is 12.0. The Morgan fingerprint density at radius 3 is 2.31 bits per heavy atom. The van der Waals surface area contributed by atoms with Gasteiger partial charge in [-0.25, -0.2) is 4.79 Å². The number of Topliss-reactive ketones (excluding diaryl/α,β-unsaturated/α-hetero) is 1. The topological polar surface area (TPSA) is 57.6 Å². The lowest BCUT2D eigenvalue weighted by atomic mass is 9.65. The summed E-state index contributed by atoms with van der Waals surface area (Å²) in [5.41, 5.74) is -0.839. The molecule has 1 N–H and O–H groups in total. The molecule has 0 radical (unpaired) electrons. The molecule has 1 heterocycles. The maximum absolute atomic E-state index is 12.0. The van der Waals surface area contributed by atoms with Gasteiger partial charge in [-0.3, -0.25) is 4.79 Å². The number of carbonyl (C=O) groups excluding carboxylic acids is 1. The number of carbonyl (C=O) groups is 2. The van der Waals surface area contributed by atoms with E-state index in [9.17, 15) is 9.59 Å². The molecule has 1 aliphatic rings. The summed E-state index contributed by atoms with van der Waals surface area (Å²) in [5.74, 6) is -0.0696. The number of amides is 1. The van der Waals surface area contributed by atoms with Crippen LogP contribution in [0.15, 0.2) is 0 Å². The molecule has 0 aliphatic carbocycles. The summed E-state index contributed by atoms with van der Waals surface area (Å²) in [5, 5.41) is 9.16. The van der Waals surface area contributed by atoms with E-state index >= 15 is 0 Å². The Morgan fingerprint density at radius 1 is 1.44 bits per heavy atom. The predicted octanol–water partition coefficient (Wildman–Crippen LogP) is 2.38. The standard InChI is InChI=1S/C12H21NO3/c1-11(2,3)9-8(14)6-7-13(10(15)16)12(9,4)5/h9H,6-7H2,1-5H3,(H,15,16). The van der Waals surface area contributed by atoms with Crippen molar-refractivity contribution in [3.8, 4) is 0 Å². The van der Waals surface area contributed by atoms with E-state index in [-0.39, 0.29) is 17.1 Å². The molecule has 1 atom stereocenters. The van der Waals surface area contributed by atoms with Crippen molar-refractivity contribution < 1.29 is 14.7 Å². The fourth-order valence-corrected chi connectivity index (χ4v) is 3.09. The highest BCUT2D eigenvalue weighted by Crippen LogP contribution is 2.42. The van der Waals surface area contributed by atoms with E-state index in [4.69, 9.17) is 5.11 Å². The number of carboxylic acid groups (broad SMARTS) is 1. The summed E-state index contributed by atoms with van der Waals surface area (Å²) in [6.07, 6.45) is -0.607. The average molecular weight is 227 g/mol. The Labute approximate surface area is 96.6 Å². The Hall–Kier alpha value is -1.06. The predicted molar refractivity (Wildman–Crippen MR) is 61.4 cm³/mol. The smallest absolute Gasteiger partial charge is 0.407 e. The molecule has 1 fully saturated rings. The van der Waals surface area contributed by atoms with Gasteiger partial charge in [0.05, 0.1) is 5.54 Å². The van der Waals surface area contributed by atoms with Crippen LogP contribution in [-0.4, -0.2) is 34.0 Å². The second-order valence-electron chi connectivity index (χ2n) is 6.10. The molecule has 4 heteroatoms. The first-order valence-corrected chi connectivity index (χ1v) is 5.61. The van der Waals surface area contributed by atoms with Crippen LogP contribution in [0.1, 0.15) is 41.0 Å². The average Bonchev–Trinajstić information content (AvgIpc) is 1.97. The Kier molecular flexibility index (Phi) is 3.05. The normalized spacial score (nSPS) is 25.7. The highest BCUT2D eigenvalue weighted by Gasteiger charge is 2.50. The summed E-state index contributed by atoms with van der Waals surface area (Å²) in [7, 11) is 0. The van der Waals surface area contributed by atoms with Crippen LogP contribution < -0.4 is 0 Å². The largest absolute Gasteiger partial charge is 0.465 e. The van der Waals surface area contributed by atoms with Crippen LogP contribution in [0.25, 0.3) is 0 Å². The van der Waals surface area contributed by atoms with E-state index in [1.165, 1.54) is 4.90 Å². The summed E-state index contributed by atoms with van der Waals surface area (Å²) in [6.45, 7) is 9.96. The number of likely N-dealkylation sites (tertiary alicyclic amines) is 1. The maximum Gasteiger partial charge on any atom is 0.407 e. The second-order valence-corrected chi connectivity index (χ2v) is 6.10. The van der Waals surface area contributed by atoms with Gasteiger partial charge in [0.25, 0.3) is 0 Å². The molecule has 0 bridgehead atoms. The third kappa shape index (κ3) is 2.06. The molecule has 0 aromatic heterocycles. The third-order valence-corrected chi connectivity index (χ3v) is 3.40. The third-order valence-electron chi connectivity index (χ3n) is 3.40. The van der Waals surface area contributed by atoms with Gasteiger partial charge in [0.15, 0.2) is 0 Å². The van der Waals surface area contributed by atoms with E-state index in [0.29, 0.717) is 13.0 Å². The zero-order chi connectivity index (χ0) is 12.7. The van der Waals surface area contributed by atoms with Gasteiger partial charge in [-0.1, -0.05) is 20.8 Å². The van der Waals surface area contributed by atoms with Crippen LogP contribution in [0, 0.1) is 11.3 Å². The van der Waals surface area contributed by atoms with E-state index in [1.54, 1.807) is 0 Å². The number of ketones is 1. The lowest BCUT2D eigenvalue weighted by Crippen LogP contribution is -2.61. The van der Waals surface area contributed by atoms with Gasteiger partial charge >= 0.3 is 6.09 Å². The fraction of sp³-hybridized carbons (Fsp3) is 0.833. The minimum atomic E-state index is -0.938. The molecule has 0 aromatic rings. The van der Waals surface area contributed by atoms with E-state index in [0.717, 1.165) is 0 Å². The Morgan fingerprint density at radius 2 is 1.94 bits per heavy atom. The first-order chi connectivity index (χ1) is 7.08. The molecule has 1 amide bonds. The van der Waals surface area contributed by atoms with Gasteiger partial charge in [-0.05, 0) is 19.3 Å². The van der Waals surface area contributed by atoms with E-state index < -0.39 is 11.6 Å². The molecule has 1 unspecified atom stereocenters. The molecule has 0 aromatic carbocycles. The van der Waals surface area contributed by atoms with Gasteiger partial charge < -0.3 is 10.0 Å². The molecule has 1 aliphatic heterocycles. The summed E-state index contributed by atoms with van der Waals surface area (Å²) in [6, 6.07) is 0. The monoisotopic (exact) mass is 227 g/mol. The minimum absolute atomic E-state index is 0.176. The van der Waals surface area contributed by atoms with E-state index in [2.05, 4.69) is 0 Å². The molecular formula is C12H21NO3. The number of rotatable bonds is 0. The lowest BCUT2D eigenvalue weighted by molar-refractivity contribution is -0.137. The van der Waals surface area contributed by atoms with Crippen LogP contribution >= 0.6 is 0 Å². The van der Waals surface area contributed by atoms with Crippen LogP contribution in [-0.2, 0) is 4.79 Å². The zero-order valence-electron chi connectivity index (χ0n) is 10.7. The Bertz CT molecular complexity index is 315. The molecule has 92 valence electrons. The van der Waals surface area contributed by atoms with Crippen molar-refractivity contribution in [3.63, 3.8) is 0 Å². The summed E-state index contributed by atoms with van der Waals surface area (Å²) < 4.78 is 0. The van der Waals surface area contributed by atoms with Gasteiger partial charge in [0.2, 0.25) is 0 Å². The quantitative estimate of drug-likeness (QED) is 0.691. The molecule has 4 nitrogen and oxygen atoms in total. The van der Waals surface area contributed by atoms with Crippen LogP contribution in [0.2, 0.25) is 0 Å². The highest BCUT2D eigenvalue weighted by atomic mass is 16.4. The van der Waals surface area contributed by atoms with Crippen molar-refractivity contribution >= 4 is 11.9 Å². The second kappa shape index (κ2) is 3.75. The van der Waals surface area contributed by atoms with Crippen molar-refractivity contribution in [2.45, 2.75) is 46.6 Å². The summed E-state index contributed by atoms with van der Waals surface area (Å²) in [4.78, 5) is 24.6. The van der Waals surface area contributed by atoms with Crippen LogP contribution in [0.4, 0.5) is 4.79 Å². The molecule has 16 heavy (non-hydrogen) atoms. The minimum Gasteiger partial charge on any atom is -0.465 e. The number of piperidine rings is 1. The number of hydrogen-bond donors (Lipinski definition) is 1. The van der Waals surface area contributed by atoms with Crippen LogP contribution in [0.3, 0.4) is 0 Å². The highest BCUT2D eigenvalue weighted by molar-refractivity contribution is 5.86. The first-order valence-electron chi connectivity index (χ1n) is 5.61. The van der Waals surface area contributed by atoms with E-state index in [1.807, 2.05) is 34.6 Å². The summed E-state index contributed by atoms with van der Waals surface area (Å²) >= 11 is 0. The van der Waals surface area contributed by atoms with Gasteiger partial charge in [-0.2, -0.15) is 0 Å². The SMILES string of the molecule is CC(C)(C)C1C(=O)CCN(C(=O)O)C1(C)C. The van der Waals surface area contributed by atoms with Crippen molar-refractivity contribution in [2.24, 2.45) is 11.3 Å². The van der Waals surface area contributed by atoms with Crippen molar-refractivity contribution in [1.82, 2.24) is 4.90 Å². The number of hydrogen-bond acceptors (Lipinski definition) is 2. The zero-order valence-corrected chi connectivity index (χ0v) is 10.7. The van der Waals surface area contributed by atoms with Crippen molar-refractivity contribution in [3.05, 3.63) is 0 Å². The molecule has 0 saturated carbocycles. The molecule has 1 rings (SSSR count). The molecule has 0 spiro atoms. The molecular weight excluding hydrogens is 206 g/mol.